The van der Waals surface area contributed by atoms with E-state index >= 15 is 0 Å². The zero-order valence-corrected chi connectivity index (χ0v) is 12.8. The van der Waals surface area contributed by atoms with Crippen molar-refractivity contribution in [2.45, 2.75) is 20.3 Å². The van der Waals surface area contributed by atoms with E-state index < -0.39 is 11.7 Å². The number of pyridine rings is 1. The number of amides is 1. The zero-order valence-electron chi connectivity index (χ0n) is 12.8. The normalized spacial score (nSPS) is 10.7. The van der Waals surface area contributed by atoms with Crippen LogP contribution in [0.5, 0.6) is 0 Å². The Kier molecular flexibility index (Phi) is 5.09. The predicted molar refractivity (Wildman–Crippen MR) is 85.8 cm³/mol. The molecule has 2 aromatic rings. The molecule has 4 nitrogen and oxygen atoms in total. The molecule has 0 atom stereocenters. The molecule has 0 saturated carbocycles. The molecule has 0 aliphatic carbocycles. The van der Waals surface area contributed by atoms with Gasteiger partial charge in [-0.1, -0.05) is 19.9 Å². The van der Waals surface area contributed by atoms with Crippen LogP contribution in [0.2, 0.25) is 0 Å². The minimum Gasteiger partial charge on any atom is -0.384 e. The predicted octanol–water partition coefficient (Wildman–Crippen LogP) is 3.25. The van der Waals surface area contributed by atoms with Crippen LogP contribution in [0.1, 0.15) is 30.6 Å². The molecule has 3 N–H and O–H groups in total. The highest BCUT2D eigenvalue weighted by Gasteiger charge is 2.13. The fourth-order valence-electron chi connectivity index (χ4n) is 2.02. The Morgan fingerprint density at radius 2 is 2.00 bits per heavy atom. The fraction of sp³-hybridized carbons (Fsp3) is 0.294. The number of nitrogens with zero attached hydrogens (tertiary/aromatic N) is 1. The second-order valence-corrected chi connectivity index (χ2v) is 5.60. The molecular formula is C17H20FN3O. The van der Waals surface area contributed by atoms with Crippen molar-refractivity contribution in [2.75, 3.05) is 12.3 Å². The van der Waals surface area contributed by atoms with E-state index in [0.717, 1.165) is 17.5 Å². The summed E-state index contributed by atoms with van der Waals surface area (Å²) in [5.74, 6) is -0.0348. The van der Waals surface area contributed by atoms with E-state index in [1.54, 1.807) is 24.4 Å². The van der Waals surface area contributed by atoms with Crippen LogP contribution in [-0.2, 0) is 0 Å². The zero-order chi connectivity index (χ0) is 16.1. The summed E-state index contributed by atoms with van der Waals surface area (Å²) >= 11 is 0. The topological polar surface area (TPSA) is 68.0 Å². The fourth-order valence-corrected chi connectivity index (χ4v) is 2.02. The van der Waals surface area contributed by atoms with Crippen LogP contribution in [0.25, 0.3) is 11.1 Å². The molecule has 0 spiro atoms. The minimum atomic E-state index is -0.533. The third kappa shape index (κ3) is 4.04. The maximum absolute atomic E-state index is 13.9. The van der Waals surface area contributed by atoms with Gasteiger partial charge in [-0.2, -0.15) is 0 Å². The number of benzene rings is 1. The van der Waals surface area contributed by atoms with E-state index in [1.807, 2.05) is 0 Å². The molecule has 0 unspecified atom stereocenters. The molecular weight excluding hydrogens is 281 g/mol. The highest BCUT2D eigenvalue weighted by atomic mass is 19.1. The molecule has 0 saturated heterocycles. The van der Waals surface area contributed by atoms with Crippen molar-refractivity contribution in [1.29, 1.82) is 0 Å². The van der Waals surface area contributed by atoms with Crippen LogP contribution >= 0.6 is 0 Å². The molecule has 1 heterocycles. The van der Waals surface area contributed by atoms with Gasteiger partial charge in [-0.15, -0.1) is 0 Å². The first kappa shape index (κ1) is 15.9. The number of nitrogens with one attached hydrogen (secondary N) is 1. The molecule has 2 rings (SSSR count). The first-order valence-corrected chi connectivity index (χ1v) is 7.27. The van der Waals surface area contributed by atoms with Gasteiger partial charge in [-0.05, 0) is 42.2 Å². The molecule has 1 aromatic carbocycles. The maximum Gasteiger partial charge on any atom is 0.254 e. The Bertz CT molecular complexity index is 653. The van der Waals surface area contributed by atoms with Crippen LogP contribution in [-0.4, -0.2) is 17.4 Å². The van der Waals surface area contributed by atoms with E-state index in [2.05, 4.69) is 24.1 Å². The summed E-state index contributed by atoms with van der Waals surface area (Å²) in [6.45, 7) is 4.67. The number of nitrogen functional groups attached to an aromatic ring is 1. The van der Waals surface area contributed by atoms with E-state index in [-0.39, 0.29) is 5.56 Å². The van der Waals surface area contributed by atoms with Crippen LogP contribution < -0.4 is 11.1 Å². The SMILES string of the molecule is CC(C)CCNC(=O)c1cc(-c2ccc(N)nc2)ccc1F. The number of hydrogen-bond acceptors (Lipinski definition) is 3. The largest absolute Gasteiger partial charge is 0.384 e. The quantitative estimate of drug-likeness (QED) is 0.890. The Hall–Kier alpha value is -2.43. The number of carbonyl (C=O) groups excluding carboxylic acids is 1. The van der Waals surface area contributed by atoms with Gasteiger partial charge in [-0.3, -0.25) is 4.79 Å². The lowest BCUT2D eigenvalue weighted by Gasteiger charge is -2.09. The van der Waals surface area contributed by atoms with E-state index in [1.165, 1.54) is 12.1 Å². The Morgan fingerprint density at radius 1 is 1.27 bits per heavy atom. The van der Waals surface area contributed by atoms with Crippen molar-refractivity contribution in [3.63, 3.8) is 0 Å². The number of nitrogens with two attached hydrogens (primary N) is 1. The molecule has 22 heavy (non-hydrogen) atoms. The van der Waals surface area contributed by atoms with Gasteiger partial charge in [0.05, 0.1) is 5.56 Å². The highest BCUT2D eigenvalue weighted by Crippen LogP contribution is 2.22. The van der Waals surface area contributed by atoms with Gasteiger partial charge in [0, 0.05) is 18.3 Å². The van der Waals surface area contributed by atoms with Gasteiger partial charge in [0.15, 0.2) is 0 Å². The number of rotatable bonds is 5. The van der Waals surface area contributed by atoms with Crippen LogP contribution in [0.15, 0.2) is 36.5 Å². The van der Waals surface area contributed by atoms with E-state index in [0.29, 0.717) is 18.3 Å². The Balaban J connectivity index is 2.19. The number of carbonyl (C=O) groups is 1. The molecule has 0 bridgehead atoms. The van der Waals surface area contributed by atoms with Crippen LogP contribution in [0.3, 0.4) is 0 Å². The first-order chi connectivity index (χ1) is 10.5. The molecule has 116 valence electrons. The lowest BCUT2D eigenvalue weighted by molar-refractivity contribution is 0.0948. The molecule has 1 aromatic heterocycles. The van der Waals surface area contributed by atoms with E-state index in [9.17, 15) is 9.18 Å². The number of halogens is 1. The summed E-state index contributed by atoms with van der Waals surface area (Å²) in [7, 11) is 0. The average molecular weight is 301 g/mol. The van der Waals surface area contributed by atoms with Crippen LogP contribution in [0.4, 0.5) is 10.2 Å². The molecule has 0 fully saturated rings. The van der Waals surface area contributed by atoms with Crippen molar-refractivity contribution >= 4 is 11.7 Å². The Labute approximate surface area is 129 Å². The smallest absolute Gasteiger partial charge is 0.254 e. The third-order valence-corrected chi connectivity index (χ3v) is 3.34. The summed E-state index contributed by atoms with van der Waals surface area (Å²) in [6.07, 6.45) is 2.46. The van der Waals surface area contributed by atoms with Gasteiger partial charge in [0.1, 0.15) is 11.6 Å². The van der Waals surface area contributed by atoms with Gasteiger partial charge in [0.25, 0.3) is 5.91 Å². The van der Waals surface area contributed by atoms with Crippen molar-refractivity contribution in [2.24, 2.45) is 5.92 Å². The standard InChI is InChI=1S/C17H20FN3O/c1-11(2)7-8-20-17(22)14-9-12(3-5-15(14)18)13-4-6-16(19)21-10-13/h3-6,9-11H,7-8H2,1-2H3,(H2,19,21)(H,20,22). The lowest BCUT2D eigenvalue weighted by Crippen LogP contribution is -2.26. The molecule has 0 aliphatic heterocycles. The van der Waals surface area contributed by atoms with Crippen molar-refractivity contribution in [1.82, 2.24) is 10.3 Å². The second-order valence-electron chi connectivity index (χ2n) is 5.60. The van der Waals surface area contributed by atoms with Gasteiger partial charge >= 0.3 is 0 Å². The average Bonchev–Trinajstić information content (AvgIpc) is 2.48. The molecule has 5 heteroatoms. The number of anilines is 1. The van der Waals surface area contributed by atoms with Crippen molar-refractivity contribution in [3.8, 4) is 11.1 Å². The summed E-state index contributed by atoms with van der Waals surface area (Å²) in [5, 5.41) is 2.74. The van der Waals surface area contributed by atoms with Crippen LogP contribution in [0, 0.1) is 11.7 Å². The minimum absolute atomic E-state index is 0.0399. The number of aromatic nitrogens is 1. The first-order valence-electron chi connectivity index (χ1n) is 7.27. The molecule has 0 aliphatic rings. The van der Waals surface area contributed by atoms with Crippen molar-refractivity contribution in [3.05, 3.63) is 47.9 Å². The summed E-state index contributed by atoms with van der Waals surface area (Å²) in [4.78, 5) is 16.1. The summed E-state index contributed by atoms with van der Waals surface area (Å²) < 4.78 is 13.9. The van der Waals surface area contributed by atoms with E-state index in [4.69, 9.17) is 5.73 Å². The maximum atomic E-state index is 13.9. The van der Waals surface area contributed by atoms with Gasteiger partial charge < -0.3 is 11.1 Å². The van der Waals surface area contributed by atoms with Crippen molar-refractivity contribution < 1.29 is 9.18 Å². The molecule has 0 radical (unpaired) electrons. The lowest BCUT2D eigenvalue weighted by atomic mass is 10.0. The summed E-state index contributed by atoms with van der Waals surface area (Å²) in [6, 6.07) is 7.90. The van der Waals surface area contributed by atoms with Gasteiger partial charge in [0.2, 0.25) is 0 Å². The highest BCUT2D eigenvalue weighted by molar-refractivity contribution is 5.95. The van der Waals surface area contributed by atoms with Gasteiger partial charge in [-0.25, -0.2) is 9.37 Å². The second kappa shape index (κ2) is 7.02. The number of hydrogen-bond donors (Lipinski definition) is 2. The monoisotopic (exact) mass is 301 g/mol. The third-order valence-electron chi connectivity index (χ3n) is 3.34. The molecule has 1 amide bonds. The Morgan fingerprint density at radius 3 is 2.64 bits per heavy atom. The summed E-state index contributed by atoms with van der Waals surface area (Å²) in [5.41, 5.74) is 7.10.